The fourth-order valence-corrected chi connectivity index (χ4v) is 2.34. The molecule has 2 rings (SSSR count). The number of ether oxygens (including phenoxy) is 1. The molecule has 4 nitrogen and oxygen atoms in total. The van der Waals surface area contributed by atoms with Crippen LogP contribution < -0.4 is 5.32 Å². The molecule has 0 spiro atoms. The van der Waals surface area contributed by atoms with Crippen molar-refractivity contribution in [2.24, 2.45) is 11.3 Å². The summed E-state index contributed by atoms with van der Waals surface area (Å²) in [6.07, 6.45) is 0. The SMILES string of the molecule is CN(C)C(=O)C12CNCC1COC2. The molecular formula is C9H16N2O2. The van der Waals surface area contributed by atoms with E-state index < -0.39 is 0 Å². The highest BCUT2D eigenvalue weighted by Crippen LogP contribution is 2.38. The summed E-state index contributed by atoms with van der Waals surface area (Å²) < 4.78 is 5.40. The van der Waals surface area contributed by atoms with E-state index in [1.807, 2.05) is 14.1 Å². The molecule has 2 heterocycles. The molecule has 2 saturated heterocycles. The van der Waals surface area contributed by atoms with Crippen LogP contribution in [0.25, 0.3) is 0 Å². The number of hydrogen-bond acceptors (Lipinski definition) is 3. The summed E-state index contributed by atoms with van der Waals surface area (Å²) in [6.45, 7) is 3.00. The average molecular weight is 184 g/mol. The van der Waals surface area contributed by atoms with Gasteiger partial charge < -0.3 is 15.0 Å². The minimum absolute atomic E-state index is 0.208. The topological polar surface area (TPSA) is 41.6 Å². The number of hydrogen-bond donors (Lipinski definition) is 1. The van der Waals surface area contributed by atoms with E-state index in [-0.39, 0.29) is 11.3 Å². The predicted molar refractivity (Wildman–Crippen MR) is 48.3 cm³/mol. The second-order valence-electron chi connectivity index (χ2n) is 4.20. The first-order chi connectivity index (χ1) is 6.17. The van der Waals surface area contributed by atoms with Gasteiger partial charge in [-0.25, -0.2) is 0 Å². The average Bonchev–Trinajstić information content (AvgIpc) is 2.59. The van der Waals surface area contributed by atoms with Gasteiger partial charge in [0.2, 0.25) is 5.91 Å². The van der Waals surface area contributed by atoms with Gasteiger partial charge in [-0.1, -0.05) is 0 Å². The van der Waals surface area contributed by atoms with Gasteiger partial charge in [-0.15, -0.1) is 0 Å². The molecule has 0 aromatic carbocycles. The predicted octanol–water partition coefficient (Wildman–Crippen LogP) is -0.689. The molecule has 0 aromatic rings. The van der Waals surface area contributed by atoms with Crippen LogP contribution in [0.5, 0.6) is 0 Å². The van der Waals surface area contributed by atoms with Crippen molar-refractivity contribution in [3.05, 3.63) is 0 Å². The molecule has 0 saturated carbocycles. The Morgan fingerprint density at radius 1 is 1.62 bits per heavy atom. The normalized spacial score (nSPS) is 37.5. The number of nitrogens with one attached hydrogen (secondary N) is 1. The number of nitrogens with zero attached hydrogens (tertiary/aromatic N) is 1. The second-order valence-corrected chi connectivity index (χ2v) is 4.20. The fraction of sp³-hybridized carbons (Fsp3) is 0.889. The Kier molecular flexibility index (Phi) is 2.04. The van der Waals surface area contributed by atoms with E-state index in [0.717, 1.165) is 19.7 Å². The van der Waals surface area contributed by atoms with Gasteiger partial charge in [0.1, 0.15) is 0 Å². The first kappa shape index (κ1) is 8.97. The van der Waals surface area contributed by atoms with Crippen molar-refractivity contribution in [2.45, 2.75) is 0 Å². The van der Waals surface area contributed by atoms with Crippen molar-refractivity contribution in [2.75, 3.05) is 40.4 Å². The first-order valence-electron chi connectivity index (χ1n) is 4.67. The maximum absolute atomic E-state index is 12.0. The van der Waals surface area contributed by atoms with Gasteiger partial charge in [0.05, 0.1) is 18.6 Å². The molecule has 4 heteroatoms. The third-order valence-corrected chi connectivity index (χ3v) is 3.12. The van der Waals surface area contributed by atoms with Crippen molar-refractivity contribution in [1.82, 2.24) is 10.2 Å². The molecule has 0 radical (unpaired) electrons. The minimum atomic E-state index is -0.260. The second kappa shape index (κ2) is 2.96. The number of rotatable bonds is 1. The van der Waals surface area contributed by atoms with E-state index >= 15 is 0 Å². The highest BCUT2D eigenvalue weighted by Gasteiger charge is 2.53. The van der Waals surface area contributed by atoms with Gasteiger partial charge in [-0.05, 0) is 0 Å². The van der Waals surface area contributed by atoms with Gasteiger partial charge in [0.15, 0.2) is 0 Å². The Morgan fingerprint density at radius 3 is 3.08 bits per heavy atom. The molecule has 0 aromatic heterocycles. The van der Waals surface area contributed by atoms with Gasteiger partial charge in [0.25, 0.3) is 0 Å². The van der Waals surface area contributed by atoms with Crippen LogP contribution in [0.2, 0.25) is 0 Å². The molecule has 2 aliphatic heterocycles. The third-order valence-electron chi connectivity index (χ3n) is 3.12. The van der Waals surface area contributed by atoms with Crippen molar-refractivity contribution in [1.29, 1.82) is 0 Å². The molecule has 2 aliphatic rings. The number of fused-ring (bicyclic) bond motifs is 1. The van der Waals surface area contributed by atoms with Crippen LogP contribution in [-0.2, 0) is 9.53 Å². The van der Waals surface area contributed by atoms with Gasteiger partial charge in [-0.2, -0.15) is 0 Å². The van der Waals surface area contributed by atoms with Crippen LogP contribution in [-0.4, -0.2) is 51.2 Å². The summed E-state index contributed by atoms with van der Waals surface area (Å²) in [6, 6.07) is 0. The monoisotopic (exact) mass is 184 g/mol. The molecule has 13 heavy (non-hydrogen) atoms. The van der Waals surface area contributed by atoms with Crippen molar-refractivity contribution in [3.63, 3.8) is 0 Å². The summed E-state index contributed by atoms with van der Waals surface area (Å²) in [4.78, 5) is 13.6. The van der Waals surface area contributed by atoms with Gasteiger partial charge in [0, 0.05) is 33.1 Å². The Balaban J connectivity index is 2.22. The summed E-state index contributed by atoms with van der Waals surface area (Å²) >= 11 is 0. The van der Waals surface area contributed by atoms with Crippen molar-refractivity contribution < 1.29 is 9.53 Å². The lowest BCUT2D eigenvalue weighted by atomic mass is 9.80. The van der Waals surface area contributed by atoms with E-state index in [2.05, 4.69) is 5.32 Å². The third kappa shape index (κ3) is 1.16. The Labute approximate surface area is 78.2 Å². The van der Waals surface area contributed by atoms with E-state index in [1.165, 1.54) is 0 Å². The largest absolute Gasteiger partial charge is 0.380 e. The molecule has 1 amide bonds. The molecule has 2 unspecified atom stereocenters. The molecular weight excluding hydrogens is 168 g/mol. The summed E-state index contributed by atoms with van der Waals surface area (Å²) in [5.74, 6) is 0.586. The molecule has 2 atom stereocenters. The van der Waals surface area contributed by atoms with Crippen LogP contribution in [0.15, 0.2) is 0 Å². The van der Waals surface area contributed by atoms with Crippen LogP contribution in [0, 0.1) is 11.3 Å². The molecule has 2 fully saturated rings. The zero-order valence-corrected chi connectivity index (χ0v) is 8.17. The van der Waals surface area contributed by atoms with Crippen LogP contribution in [0.1, 0.15) is 0 Å². The molecule has 74 valence electrons. The van der Waals surface area contributed by atoms with Crippen LogP contribution in [0.3, 0.4) is 0 Å². The lowest BCUT2D eigenvalue weighted by Gasteiger charge is -2.28. The lowest BCUT2D eigenvalue weighted by molar-refractivity contribution is -0.139. The minimum Gasteiger partial charge on any atom is -0.380 e. The van der Waals surface area contributed by atoms with E-state index in [4.69, 9.17) is 4.74 Å². The Bertz CT molecular complexity index is 218. The summed E-state index contributed by atoms with van der Waals surface area (Å²) in [5.41, 5.74) is -0.260. The van der Waals surface area contributed by atoms with E-state index in [0.29, 0.717) is 12.5 Å². The first-order valence-corrected chi connectivity index (χ1v) is 4.67. The standard InChI is InChI=1S/C9H16N2O2/c1-11(2)8(12)9-5-10-3-7(9)4-13-6-9/h7,10H,3-6H2,1-2H3. The lowest BCUT2D eigenvalue weighted by Crippen LogP contribution is -2.45. The van der Waals surface area contributed by atoms with Gasteiger partial charge in [-0.3, -0.25) is 4.79 Å². The maximum atomic E-state index is 12.0. The van der Waals surface area contributed by atoms with Crippen molar-refractivity contribution in [3.8, 4) is 0 Å². The summed E-state index contributed by atoms with van der Waals surface area (Å²) in [7, 11) is 3.62. The van der Waals surface area contributed by atoms with E-state index in [9.17, 15) is 4.79 Å². The zero-order chi connectivity index (χ0) is 9.47. The number of carbonyl (C=O) groups excluding carboxylic acids is 1. The zero-order valence-electron chi connectivity index (χ0n) is 8.17. The highest BCUT2D eigenvalue weighted by atomic mass is 16.5. The van der Waals surface area contributed by atoms with Gasteiger partial charge >= 0.3 is 0 Å². The smallest absolute Gasteiger partial charge is 0.232 e. The Hall–Kier alpha value is -0.610. The van der Waals surface area contributed by atoms with Crippen LogP contribution >= 0.6 is 0 Å². The quantitative estimate of drug-likeness (QED) is 0.586. The molecule has 0 aliphatic carbocycles. The van der Waals surface area contributed by atoms with Crippen molar-refractivity contribution >= 4 is 5.91 Å². The Morgan fingerprint density at radius 2 is 2.38 bits per heavy atom. The number of carbonyl (C=O) groups is 1. The molecule has 1 N–H and O–H groups in total. The molecule has 0 bridgehead atoms. The number of amides is 1. The maximum Gasteiger partial charge on any atom is 0.232 e. The highest BCUT2D eigenvalue weighted by molar-refractivity contribution is 5.84. The summed E-state index contributed by atoms with van der Waals surface area (Å²) in [5, 5.41) is 3.27. The van der Waals surface area contributed by atoms with E-state index in [1.54, 1.807) is 4.90 Å². The fourth-order valence-electron chi connectivity index (χ4n) is 2.34. The van der Waals surface area contributed by atoms with Crippen LogP contribution in [0.4, 0.5) is 0 Å².